The summed E-state index contributed by atoms with van der Waals surface area (Å²) in [6.07, 6.45) is 3.32. The Hall–Kier alpha value is -2.37. The number of carbonyl (C=O) groups is 3. The van der Waals surface area contributed by atoms with Gasteiger partial charge in [-0.3, -0.25) is 9.59 Å². The third-order valence-corrected chi connectivity index (χ3v) is 4.69. The van der Waals surface area contributed by atoms with Gasteiger partial charge in [0.25, 0.3) is 0 Å². The molecule has 1 aliphatic heterocycles. The van der Waals surface area contributed by atoms with E-state index < -0.39 is 5.97 Å². The van der Waals surface area contributed by atoms with Gasteiger partial charge in [-0.25, -0.2) is 4.79 Å². The Labute approximate surface area is 141 Å². The molecule has 2 fully saturated rings. The topological polar surface area (TPSA) is 75.7 Å². The van der Waals surface area contributed by atoms with Crippen LogP contribution in [-0.4, -0.2) is 42.9 Å². The number of benzene rings is 1. The minimum atomic E-state index is -0.476. The Morgan fingerprint density at radius 1 is 1.04 bits per heavy atom. The molecule has 2 amide bonds. The fraction of sp³-hybridized carbons (Fsp3) is 0.500. The van der Waals surface area contributed by atoms with Gasteiger partial charge in [0, 0.05) is 24.9 Å². The lowest BCUT2D eigenvalue weighted by Gasteiger charge is -2.31. The van der Waals surface area contributed by atoms with Crippen molar-refractivity contribution in [2.75, 3.05) is 25.5 Å². The number of carbonyl (C=O) groups excluding carboxylic acids is 3. The second-order valence-corrected chi connectivity index (χ2v) is 6.40. The lowest BCUT2D eigenvalue weighted by Crippen LogP contribution is -2.42. The van der Waals surface area contributed by atoms with E-state index in [1.807, 2.05) is 4.90 Å². The molecule has 0 aromatic heterocycles. The lowest BCUT2D eigenvalue weighted by molar-refractivity contribution is -0.135. The highest BCUT2D eigenvalue weighted by Gasteiger charge is 2.36. The lowest BCUT2D eigenvalue weighted by atomic mass is 9.95. The third kappa shape index (κ3) is 3.58. The molecule has 128 valence electrons. The van der Waals surface area contributed by atoms with Crippen molar-refractivity contribution in [2.24, 2.45) is 11.8 Å². The van der Waals surface area contributed by atoms with Crippen molar-refractivity contribution in [2.45, 2.75) is 25.7 Å². The quantitative estimate of drug-likeness (QED) is 0.858. The highest BCUT2D eigenvalue weighted by molar-refractivity contribution is 6.01. The van der Waals surface area contributed by atoms with E-state index >= 15 is 0 Å². The third-order valence-electron chi connectivity index (χ3n) is 4.69. The van der Waals surface area contributed by atoms with Gasteiger partial charge in [-0.15, -0.1) is 0 Å². The van der Waals surface area contributed by atoms with Crippen LogP contribution in [0.1, 0.15) is 36.0 Å². The average Bonchev–Trinajstić information content (AvgIpc) is 3.46. The molecule has 1 aromatic rings. The monoisotopic (exact) mass is 330 g/mol. The van der Waals surface area contributed by atoms with E-state index in [2.05, 4.69) is 5.32 Å². The molecule has 2 aliphatic rings. The zero-order chi connectivity index (χ0) is 17.1. The summed E-state index contributed by atoms with van der Waals surface area (Å²) in [4.78, 5) is 38.2. The summed E-state index contributed by atoms with van der Waals surface area (Å²) in [7, 11) is 1.31. The number of ether oxygens (including phenoxy) is 1. The van der Waals surface area contributed by atoms with Gasteiger partial charge in [-0.2, -0.15) is 0 Å². The molecular weight excluding hydrogens is 308 g/mol. The zero-order valence-electron chi connectivity index (χ0n) is 13.8. The van der Waals surface area contributed by atoms with Gasteiger partial charge in [-0.05, 0) is 37.8 Å². The van der Waals surface area contributed by atoms with E-state index in [-0.39, 0.29) is 23.7 Å². The number of amides is 2. The van der Waals surface area contributed by atoms with Crippen LogP contribution in [0.4, 0.5) is 5.69 Å². The molecule has 0 spiro atoms. The van der Waals surface area contributed by atoms with Crippen LogP contribution in [-0.2, 0) is 14.3 Å². The molecule has 1 heterocycles. The Bertz CT molecular complexity index is 646. The van der Waals surface area contributed by atoms with Crippen molar-refractivity contribution in [3.8, 4) is 0 Å². The molecule has 0 radical (unpaired) electrons. The van der Waals surface area contributed by atoms with Gasteiger partial charge in [-0.1, -0.05) is 12.1 Å². The number of hydrogen-bond donors (Lipinski definition) is 1. The van der Waals surface area contributed by atoms with Crippen LogP contribution in [0.3, 0.4) is 0 Å². The summed E-state index contributed by atoms with van der Waals surface area (Å²) < 4.78 is 4.74. The first-order chi connectivity index (χ1) is 11.6. The van der Waals surface area contributed by atoms with Crippen LogP contribution in [0.25, 0.3) is 0 Å². The predicted molar refractivity (Wildman–Crippen MR) is 88.4 cm³/mol. The number of nitrogens with one attached hydrogen (secondary N) is 1. The second kappa shape index (κ2) is 7.03. The smallest absolute Gasteiger partial charge is 0.339 e. The molecule has 3 rings (SSSR count). The predicted octanol–water partition coefficient (Wildman–Crippen LogP) is 2.06. The molecule has 1 saturated heterocycles. The van der Waals surface area contributed by atoms with Crippen molar-refractivity contribution in [1.29, 1.82) is 0 Å². The first-order valence-electron chi connectivity index (χ1n) is 8.37. The summed E-state index contributed by atoms with van der Waals surface area (Å²) in [6, 6.07) is 6.80. The van der Waals surface area contributed by atoms with Gasteiger partial charge in [0.2, 0.25) is 11.8 Å². The number of piperidine rings is 1. The average molecular weight is 330 g/mol. The Kier molecular flexibility index (Phi) is 4.83. The van der Waals surface area contributed by atoms with E-state index in [1.165, 1.54) is 7.11 Å². The maximum absolute atomic E-state index is 12.5. The van der Waals surface area contributed by atoms with Gasteiger partial charge >= 0.3 is 5.97 Å². The number of anilines is 1. The summed E-state index contributed by atoms with van der Waals surface area (Å²) in [5.74, 6) is -0.258. The Balaban J connectivity index is 1.58. The summed E-state index contributed by atoms with van der Waals surface area (Å²) in [5, 5.41) is 2.83. The first kappa shape index (κ1) is 16.5. The van der Waals surface area contributed by atoms with E-state index in [4.69, 9.17) is 4.74 Å². The molecule has 1 saturated carbocycles. The molecule has 24 heavy (non-hydrogen) atoms. The van der Waals surface area contributed by atoms with Crippen LogP contribution in [0, 0.1) is 11.8 Å². The maximum atomic E-state index is 12.5. The standard InChI is InChI=1S/C18H22N2O4/c1-24-18(23)14-4-2-3-5-15(14)19-16(21)12-8-10-20(11-9-12)17(22)13-6-7-13/h2-5,12-13H,6-11H2,1H3,(H,19,21). The molecule has 1 aliphatic carbocycles. The first-order valence-corrected chi connectivity index (χ1v) is 8.37. The highest BCUT2D eigenvalue weighted by Crippen LogP contribution is 2.32. The van der Waals surface area contributed by atoms with Crippen LogP contribution in [0.5, 0.6) is 0 Å². The van der Waals surface area contributed by atoms with Crippen molar-refractivity contribution in [3.05, 3.63) is 29.8 Å². The summed E-state index contributed by atoms with van der Waals surface area (Å²) in [5.41, 5.74) is 0.806. The van der Waals surface area contributed by atoms with E-state index in [0.29, 0.717) is 37.2 Å². The minimum absolute atomic E-state index is 0.107. The van der Waals surface area contributed by atoms with E-state index in [1.54, 1.807) is 24.3 Å². The number of likely N-dealkylation sites (tertiary alicyclic amines) is 1. The molecule has 0 bridgehead atoms. The molecule has 6 nitrogen and oxygen atoms in total. The Morgan fingerprint density at radius 2 is 1.71 bits per heavy atom. The van der Waals surface area contributed by atoms with Crippen LogP contribution in [0.15, 0.2) is 24.3 Å². The number of methoxy groups -OCH3 is 1. The van der Waals surface area contributed by atoms with Crippen LogP contribution in [0.2, 0.25) is 0 Å². The molecular formula is C18H22N2O4. The fourth-order valence-corrected chi connectivity index (χ4v) is 3.07. The summed E-state index contributed by atoms with van der Waals surface area (Å²) in [6.45, 7) is 1.26. The zero-order valence-corrected chi connectivity index (χ0v) is 13.8. The number of nitrogens with zero attached hydrogens (tertiary/aromatic N) is 1. The van der Waals surface area contributed by atoms with Crippen molar-refractivity contribution < 1.29 is 19.1 Å². The van der Waals surface area contributed by atoms with Crippen molar-refractivity contribution in [3.63, 3.8) is 0 Å². The number of esters is 1. The minimum Gasteiger partial charge on any atom is -0.465 e. The van der Waals surface area contributed by atoms with Crippen LogP contribution >= 0.6 is 0 Å². The largest absolute Gasteiger partial charge is 0.465 e. The summed E-state index contributed by atoms with van der Waals surface area (Å²) >= 11 is 0. The molecule has 1 aromatic carbocycles. The molecule has 6 heteroatoms. The van der Waals surface area contributed by atoms with E-state index in [0.717, 1.165) is 12.8 Å². The van der Waals surface area contributed by atoms with Gasteiger partial charge in [0.15, 0.2) is 0 Å². The fourth-order valence-electron chi connectivity index (χ4n) is 3.07. The maximum Gasteiger partial charge on any atom is 0.339 e. The number of hydrogen-bond acceptors (Lipinski definition) is 4. The second-order valence-electron chi connectivity index (χ2n) is 6.40. The van der Waals surface area contributed by atoms with Crippen molar-refractivity contribution >= 4 is 23.5 Å². The Morgan fingerprint density at radius 3 is 2.33 bits per heavy atom. The SMILES string of the molecule is COC(=O)c1ccccc1NC(=O)C1CCN(C(=O)C2CC2)CC1. The molecule has 0 atom stereocenters. The van der Waals surface area contributed by atoms with Gasteiger partial charge in [0.05, 0.1) is 18.4 Å². The number of rotatable bonds is 4. The van der Waals surface area contributed by atoms with Gasteiger partial charge < -0.3 is 15.0 Å². The molecule has 1 N–H and O–H groups in total. The van der Waals surface area contributed by atoms with E-state index in [9.17, 15) is 14.4 Å². The van der Waals surface area contributed by atoms with Crippen LogP contribution < -0.4 is 5.32 Å². The van der Waals surface area contributed by atoms with Crippen molar-refractivity contribution in [1.82, 2.24) is 4.90 Å². The highest BCUT2D eigenvalue weighted by atomic mass is 16.5. The number of para-hydroxylation sites is 1. The van der Waals surface area contributed by atoms with Gasteiger partial charge in [0.1, 0.15) is 0 Å². The molecule has 0 unspecified atom stereocenters. The normalized spacial score (nSPS) is 18.1.